The van der Waals surface area contributed by atoms with E-state index in [9.17, 15) is 9.59 Å². The maximum atomic E-state index is 12.6. The summed E-state index contributed by atoms with van der Waals surface area (Å²) >= 11 is 12.3. The van der Waals surface area contributed by atoms with Crippen LogP contribution in [0.15, 0.2) is 22.7 Å². The van der Waals surface area contributed by atoms with Crippen LogP contribution >= 0.6 is 23.2 Å². The van der Waals surface area contributed by atoms with Gasteiger partial charge in [-0.15, -0.1) is 0 Å². The lowest BCUT2D eigenvalue weighted by Gasteiger charge is -2.16. The van der Waals surface area contributed by atoms with Crippen LogP contribution in [0.3, 0.4) is 0 Å². The fraction of sp³-hybridized carbons (Fsp3) is 0.267. The van der Waals surface area contributed by atoms with E-state index in [1.54, 1.807) is 25.1 Å². The molecule has 0 fully saturated rings. The molecule has 0 aliphatic carbocycles. The van der Waals surface area contributed by atoms with Crippen molar-refractivity contribution in [2.45, 2.75) is 13.3 Å². The monoisotopic (exact) mass is 356 g/mol. The summed E-state index contributed by atoms with van der Waals surface area (Å²) in [5, 5.41) is 13.3. The SMILES string of the molecule is Cc1onc(-c2c(Cl)cccc2Cl)c1C(=O)N(C)CCC(=O)O. The molecule has 1 aromatic heterocycles. The number of carboxylic acid groups (broad SMARTS) is 1. The Balaban J connectivity index is 2.43. The van der Waals surface area contributed by atoms with Gasteiger partial charge in [0, 0.05) is 19.2 Å². The third-order valence-corrected chi connectivity index (χ3v) is 3.91. The number of aliphatic carboxylic acids is 1. The van der Waals surface area contributed by atoms with E-state index < -0.39 is 11.9 Å². The summed E-state index contributed by atoms with van der Waals surface area (Å²) in [6.07, 6.45) is -0.158. The van der Waals surface area contributed by atoms with Crippen LogP contribution in [0.5, 0.6) is 0 Å². The van der Waals surface area contributed by atoms with Crippen molar-refractivity contribution < 1.29 is 19.2 Å². The molecule has 8 heteroatoms. The van der Waals surface area contributed by atoms with Gasteiger partial charge in [0.25, 0.3) is 5.91 Å². The number of carbonyl (C=O) groups is 2. The zero-order valence-corrected chi connectivity index (χ0v) is 14.0. The summed E-state index contributed by atoms with van der Waals surface area (Å²) in [5.74, 6) is -1.08. The van der Waals surface area contributed by atoms with Crippen LogP contribution in [-0.4, -0.2) is 40.6 Å². The van der Waals surface area contributed by atoms with Crippen LogP contribution in [0.2, 0.25) is 10.0 Å². The highest BCUT2D eigenvalue weighted by Crippen LogP contribution is 2.37. The second-order valence-corrected chi connectivity index (χ2v) is 5.74. The number of benzene rings is 1. The second kappa shape index (κ2) is 7.02. The molecule has 1 N–H and O–H groups in total. The van der Waals surface area contributed by atoms with Crippen LogP contribution in [0, 0.1) is 6.92 Å². The average Bonchev–Trinajstić information content (AvgIpc) is 2.85. The molecule has 0 aliphatic heterocycles. The molecule has 0 unspecified atom stereocenters. The van der Waals surface area contributed by atoms with Gasteiger partial charge in [-0.3, -0.25) is 9.59 Å². The summed E-state index contributed by atoms with van der Waals surface area (Å²) in [7, 11) is 1.51. The van der Waals surface area contributed by atoms with Crippen LogP contribution in [0.4, 0.5) is 0 Å². The second-order valence-electron chi connectivity index (χ2n) is 4.93. The Bertz CT molecular complexity index is 738. The topological polar surface area (TPSA) is 83.6 Å². The van der Waals surface area contributed by atoms with Crippen molar-refractivity contribution in [3.63, 3.8) is 0 Å². The van der Waals surface area contributed by atoms with Crippen molar-refractivity contribution in [2.75, 3.05) is 13.6 Å². The highest BCUT2D eigenvalue weighted by molar-refractivity contribution is 6.39. The Morgan fingerprint density at radius 2 is 1.91 bits per heavy atom. The molecule has 1 heterocycles. The van der Waals surface area contributed by atoms with E-state index in [4.69, 9.17) is 32.8 Å². The Kier molecular flexibility index (Phi) is 5.28. The van der Waals surface area contributed by atoms with E-state index in [0.29, 0.717) is 21.4 Å². The largest absolute Gasteiger partial charge is 0.481 e. The Hall–Kier alpha value is -2.05. The summed E-state index contributed by atoms with van der Waals surface area (Å²) < 4.78 is 5.13. The fourth-order valence-corrected chi connectivity index (χ4v) is 2.65. The van der Waals surface area contributed by atoms with Gasteiger partial charge in [-0.05, 0) is 19.1 Å². The van der Waals surface area contributed by atoms with E-state index in [1.807, 2.05) is 0 Å². The first-order valence-corrected chi connectivity index (χ1v) is 7.46. The number of hydrogen-bond donors (Lipinski definition) is 1. The minimum atomic E-state index is -0.985. The molecule has 0 aliphatic rings. The zero-order valence-electron chi connectivity index (χ0n) is 12.5. The number of carboxylic acids is 1. The van der Waals surface area contributed by atoms with Gasteiger partial charge in [0.1, 0.15) is 17.0 Å². The van der Waals surface area contributed by atoms with Crippen molar-refractivity contribution in [3.8, 4) is 11.3 Å². The summed E-state index contributed by atoms with van der Waals surface area (Å²) in [4.78, 5) is 24.6. The van der Waals surface area contributed by atoms with Gasteiger partial charge in [0.05, 0.1) is 16.5 Å². The molecule has 2 aromatic rings. The molecule has 0 radical (unpaired) electrons. The number of halogens is 2. The lowest BCUT2D eigenvalue weighted by molar-refractivity contribution is -0.137. The smallest absolute Gasteiger partial charge is 0.305 e. The van der Waals surface area contributed by atoms with Gasteiger partial charge in [-0.1, -0.05) is 34.4 Å². The molecule has 23 heavy (non-hydrogen) atoms. The first-order valence-electron chi connectivity index (χ1n) is 6.70. The summed E-state index contributed by atoms with van der Waals surface area (Å²) in [6, 6.07) is 4.95. The van der Waals surface area contributed by atoms with Crippen LogP contribution in [0.1, 0.15) is 22.5 Å². The number of rotatable bonds is 5. The number of hydrogen-bond acceptors (Lipinski definition) is 4. The molecular weight excluding hydrogens is 343 g/mol. The van der Waals surface area contributed by atoms with E-state index >= 15 is 0 Å². The average molecular weight is 357 g/mol. The third-order valence-electron chi connectivity index (χ3n) is 3.28. The van der Waals surface area contributed by atoms with Crippen molar-refractivity contribution in [1.82, 2.24) is 10.1 Å². The van der Waals surface area contributed by atoms with Gasteiger partial charge in [-0.25, -0.2) is 0 Å². The highest BCUT2D eigenvalue weighted by Gasteiger charge is 2.27. The molecule has 122 valence electrons. The van der Waals surface area contributed by atoms with Gasteiger partial charge in [0.15, 0.2) is 0 Å². The molecule has 0 saturated heterocycles. The van der Waals surface area contributed by atoms with Crippen molar-refractivity contribution in [1.29, 1.82) is 0 Å². The van der Waals surface area contributed by atoms with Crippen LogP contribution < -0.4 is 0 Å². The minimum Gasteiger partial charge on any atom is -0.481 e. The predicted octanol–water partition coefficient (Wildman–Crippen LogP) is 3.50. The number of aromatic nitrogens is 1. The van der Waals surface area contributed by atoms with Gasteiger partial charge < -0.3 is 14.5 Å². The predicted molar refractivity (Wildman–Crippen MR) is 85.9 cm³/mol. The molecule has 6 nitrogen and oxygen atoms in total. The first kappa shape index (κ1) is 17.3. The molecule has 0 saturated carbocycles. The van der Waals surface area contributed by atoms with Gasteiger partial charge in [0.2, 0.25) is 0 Å². The molecule has 0 bridgehead atoms. The van der Waals surface area contributed by atoms with E-state index in [2.05, 4.69) is 5.16 Å². The number of amides is 1. The Labute approximate surface area is 142 Å². The molecule has 0 atom stereocenters. The summed E-state index contributed by atoms with van der Waals surface area (Å²) in [5.41, 5.74) is 0.862. The summed E-state index contributed by atoms with van der Waals surface area (Å²) in [6.45, 7) is 1.66. The maximum Gasteiger partial charge on any atom is 0.305 e. The molecule has 2 rings (SSSR count). The standard InChI is InChI=1S/C15H14Cl2N2O4/c1-8-12(15(22)19(2)7-6-11(20)21)14(18-23-8)13-9(16)4-3-5-10(13)17/h3-5H,6-7H2,1-2H3,(H,20,21). The third kappa shape index (κ3) is 3.65. The minimum absolute atomic E-state index is 0.0640. The lowest BCUT2D eigenvalue weighted by atomic mass is 10.0. The number of nitrogens with zero attached hydrogens (tertiary/aromatic N) is 2. The van der Waals surface area contributed by atoms with Crippen LogP contribution in [0.25, 0.3) is 11.3 Å². The fourth-order valence-electron chi connectivity index (χ4n) is 2.07. The molecule has 1 amide bonds. The molecule has 1 aromatic carbocycles. The quantitative estimate of drug-likeness (QED) is 0.885. The molecular formula is C15H14Cl2N2O4. The highest BCUT2D eigenvalue weighted by atomic mass is 35.5. The van der Waals surface area contributed by atoms with Crippen molar-refractivity contribution in [3.05, 3.63) is 39.6 Å². The maximum absolute atomic E-state index is 12.6. The van der Waals surface area contributed by atoms with E-state index in [1.165, 1.54) is 11.9 Å². The Morgan fingerprint density at radius 1 is 1.30 bits per heavy atom. The zero-order chi connectivity index (χ0) is 17.1. The number of aryl methyl sites for hydroxylation is 1. The number of carbonyl (C=O) groups excluding carboxylic acids is 1. The molecule has 0 spiro atoms. The van der Waals surface area contributed by atoms with Crippen LogP contribution in [-0.2, 0) is 4.79 Å². The first-order chi connectivity index (χ1) is 10.8. The Morgan fingerprint density at radius 3 is 2.48 bits per heavy atom. The van der Waals surface area contributed by atoms with Gasteiger partial charge in [-0.2, -0.15) is 0 Å². The normalized spacial score (nSPS) is 10.6. The van der Waals surface area contributed by atoms with E-state index in [0.717, 1.165) is 0 Å². The van der Waals surface area contributed by atoms with Crippen molar-refractivity contribution >= 4 is 35.1 Å². The van der Waals surface area contributed by atoms with Gasteiger partial charge >= 0.3 is 5.97 Å². The lowest BCUT2D eigenvalue weighted by Crippen LogP contribution is -2.29. The van der Waals surface area contributed by atoms with Crippen molar-refractivity contribution in [2.24, 2.45) is 0 Å². The van der Waals surface area contributed by atoms with E-state index in [-0.39, 0.29) is 24.2 Å².